The fourth-order valence-electron chi connectivity index (χ4n) is 2.91. The molecule has 0 bridgehead atoms. The van der Waals surface area contributed by atoms with Gasteiger partial charge in [-0.25, -0.2) is 4.79 Å². The van der Waals surface area contributed by atoms with Gasteiger partial charge in [-0.3, -0.25) is 0 Å². The highest BCUT2D eigenvalue weighted by Gasteiger charge is 2.26. The van der Waals surface area contributed by atoms with Crippen molar-refractivity contribution in [2.24, 2.45) is 0 Å². The summed E-state index contributed by atoms with van der Waals surface area (Å²) in [5.74, 6) is 0.365. The molecule has 0 radical (unpaired) electrons. The Morgan fingerprint density at radius 3 is 2.25 bits per heavy atom. The molecule has 5 nitrogen and oxygen atoms in total. The minimum atomic E-state index is -0.257. The van der Waals surface area contributed by atoms with Crippen LogP contribution in [0.1, 0.15) is 50.9 Å². The maximum absolute atomic E-state index is 12.9. The predicted molar refractivity (Wildman–Crippen MR) is 94.3 cm³/mol. The number of carbonyl (C=O) groups excluding carboxylic acids is 1. The average molecular weight is 322 g/mol. The SMILES string of the molecule is CC(C)c1nn(C(=O)n2cccn2)c(C(C)C)c1-c1ccccc1. The number of carbonyl (C=O) groups is 1. The highest BCUT2D eigenvalue weighted by molar-refractivity contribution is 5.82. The first-order chi connectivity index (χ1) is 11.5. The van der Waals surface area contributed by atoms with Gasteiger partial charge in [0.05, 0.1) is 11.4 Å². The Kier molecular flexibility index (Phi) is 4.34. The van der Waals surface area contributed by atoms with Gasteiger partial charge in [0.15, 0.2) is 0 Å². The summed E-state index contributed by atoms with van der Waals surface area (Å²) in [6.07, 6.45) is 3.24. The van der Waals surface area contributed by atoms with E-state index >= 15 is 0 Å². The van der Waals surface area contributed by atoms with E-state index in [-0.39, 0.29) is 17.9 Å². The fourth-order valence-corrected chi connectivity index (χ4v) is 2.91. The van der Waals surface area contributed by atoms with Crippen LogP contribution in [-0.2, 0) is 0 Å². The highest BCUT2D eigenvalue weighted by Crippen LogP contribution is 2.35. The molecule has 0 aliphatic carbocycles. The Labute approximate surface area is 141 Å². The van der Waals surface area contributed by atoms with Crippen molar-refractivity contribution in [3.05, 3.63) is 60.2 Å². The van der Waals surface area contributed by atoms with Crippen LogP contribution >= 0.6 is 0 Å². The third-order valence-electron chi connectivity index (χ3n) is 3.99. The molecule has 0 N–H and O–H groups in total. The van der Waals surface area contributed by atoms with Crippen molar-refractivity contribution >= 4 is 6.03 Å². The molecule has 124 valence electrons. The molecule has 0 unspecified atom stereocenters. The average Bonchev–Trinajstić information content (AvgIpc) is 3.22. The van der Waals surface area contributed by atoms with Crippen LogP contribution < -0.4 is 0 Å². The van der Waals surface area contributed by atoms with Gasteiger partial charge in [-0.1, -0.05) is 58.0 Å². The Bertz CT molecular complexity index is 830. The van der Waals surface area contributed by atoms with Gasteiger partial charge in [0.1, 0.15) is 0 Å². The maximum Gasteiger partial charge on any atom is 0.369 e. The van der Waals surface area contributed by atoms with Gasteiger partial charge >= 0.3 is 6.03 Å². The molecule has 0 atom stereocenters. The molecule has 5 heteroatoms. The maximum atomic E-state index is 12.9. The zero-order valence-electron chi connectivity index (χ0n) is 14.5. The Morgan fingerprint density at radius 2 is 1.71 bits per heavy atom. The minimum Gasteiger partial charge on any atom is -0.244 e. The van der Waals surface area contributed by atoms with Crippen LogP contribution in [-0.4, -0.2) is 25.6 Å². The van der Waals surface area contributed by atoms with Crippen molar-refractivity contribution < 1.29 is 4.79 Å². The van der Waals surface area contributed by atoms with Gasteiger partial charge in [-0.05, 0) is 23.5 Å². The quantitative estimate of drug-likeness (QED) is 0.713. The van der Waals surface area contributed by atoms with E-state index in [1.54, 1.807) is 18.5 Å². The van der Waals surface area contributed by atoms with Crippen molar-refractivity contribution in [3.8, 4) is 11.1 Å². The van der Waals surface area contributed by atoms with E-state index in [0.29, 0.717) is 0 Å². The fraction of sp³-hybridized carbons (Fsp3) is 0.316. The molecular formula is C19H22N4O. The summed E-state index contributed by atoms with van der Waals surface area (Å²) in [4.78, 5) is 12.9. The van der Waals surface area contributed by atoms with Crippen molar-refractivity contribution in [1.29, 1.82) is 0 Å². The number of hydrogen-bond donors (Lipinski definition) is 0. The highest BCUT2D eigenvalue weighted by atomic mass is 16.2. The van der Waals surface area contributed by atoms with Crippen molar-refractivity contribution in [2.75, 3.05) is 0 Å². The molecule has 0 fully saturated rings. The van der Waals surface area contributed by atoms with Crippen LogP contribution in [0.4, 0.5) is 4.79 Å². The van der Waals surface area contributed by atoms with Crippen LogP contribution in [0.2, 0.25) is 0 Å². The van der Waals surface area contributed by atoms with E-state index in [0.717, 1.165) is 22.5 Å². The summed E-state index contributed by atoms with van der Waals surface area (Å²) < 4.78 is 2.83. The van der Waals surface area contributed by atoms with Crippen LogP contribution in [0.25, 0.3) is 11.1 Å². The van der Waals surface area contributed by atoms with Crippen molar-refractivity contribution in [1.82, 2.24) is 19.6 Å². The summed E-state index contributed by atoms with van der Waals surface area (Å²) in [6.45, 7) is 8.37. The van der Waals surface area contributed by atoms with E-state index in [4.69, 9.17) is 0 Å². The number of rotatable bonds is 3. The third-order valence-corrected chi connectivity index (χ3v) is 3.99. The van der Waals surface area contributed by atoms with E-state index in [2.05, 4.69) is 50.0 Å². The molecule has 0 saturated carbocycles. The minimum absolute atomic E-state index is 0.153. The van der Waals surface area contributed by atoms with E-state index < -0.39 is 0 Å². The molecule has 3 aromatic rings. The summed E-state index contributed by atoms with van der Waals surface area (Å²) in [5, 5.41) is 8.73. The van der Waals surface area contributed by atoms with Crippen molar-refractivity contribution in [2.45, 2.75) is 39.5 Å². The first kappa shape index (κ1) is 16.2. The normalized spacial score (nSPS) is 11.4. The lowest BCUT2D eigenvalue weighted by atomic mass is 9.93. The Balaban J connectivity index is 2.26. The Morgan fingerprint density at radius 1 is 1.00 bits per heavy atom. The zero-order chi connectivity index (χ0) is 17.3. The smallest absolute Gasteiger partial charge is 0.244 e. The zero-order valence-corrected chi connectivity index (χ0v) is 14.5. The lowest BCUT2D eigenvalue weighted by molar-refractivity contribution is 0.237. The van der Waals surface area contributed by atoms with Gasteiger partial charge in [0, 0.05) is 18.0 Å². The molecular weight excluding hydrogens is 300 g/mol. The molecule has 1 aromatic carbocycles. The first-order valence-electron chi connectivity index (χ1n) is 8.23. The van der Waals surface area contributed by atoms with Crippen molar-refractivity contribution in [3.63, 3.8) is 0 Å². The van der Waals surface area contributed by atoms with Gasteiger partial charge < -0.3 is 0 Å². The topological polar surface area (TPSA) is 52.7 Å². The first-order valence-corrected chi connectivity index (χ1v) is 8.23. The number of aromatic nitrogens is 4. The summed E-state index contributed by atoms with van der Waals surface area (Å²) >= 11 is 0. The second-order valence-electron chi connectivity index (χ2n) is 6.47. The van der Waals surface area contributed by atoms with E-state index in [1.165, 1.54) is 9.36 Å². The van der Waals surface area contributed by atoms with Gasteiger partial charge in [0.25, 0.3) is 0 Å². The second kappa shape index (κ2) is 6.43. The van der Waals surface area contributed by atoms with Gasteiger partial charge in [-0.2, -0.15) is 19.6 Å². The molecule has 2 aromatic heterocycles. The van der Waals surface area contributed by atoms with Gasteiger partial charge in [-0.15, -0.1) is 0 Å². The van der Waals surface area contributed by atoms with Crippen LogP contribution in [0.3, 0.4) is 0 Å². The van der Waals surface area contributed by atoms with Crippen LogP contribution in [0.5, 0.6) is 0 Å². The van der Waals surface area contributed by atoms with Crippen LogP contribution in [0.15, 0.2) is 48.8 Å². The van der Waals surface area contributed by atoms with E-state index in [1.807, 2.05) is 18.2 Å². The second-order valence-corrected chi connectivity index (χ2v) is 6.47. The molecule has 0 amide bonds. The van der Waals surface area contributed by atoms with Gasteiger partial charge in [0.2, 0.25) is 0 Å². The summed E-state index contributed by atoms with van der Waals surface area (Å²) in [7, 11) is 0. The Hall–Kier alpha value is -2.69. The molecule has 3 rings (SSSR count). The largest absolute Gasteiger partial charge is 0.369 e. The molecule has 0 aliphatic heterocycles. The number of hydrogen-bond acceptors (Lipinski definition) is 3. The number of nitrogens with zero attached hydrogens (tertiary/aromatic N) is 4. The molecule has 0 spiro atoms. The summed E-state index contributed by atoms with van der Waals surface area (Å²) in [5.41, 5.74) is 4.00. The monoisotopic (exact) mass is 322 g/mol. The van der Waals surface area contributed by atoms with Crippen LogP contribution in [0, 0.1) is 0 Å². The molecule has 0 aliphatic rings. The predicted octanol–water partition coefficient (Wildman–Crippen LogP) is 4.51. The standard InChI is InChI=1S/C19H22N4O/c1-13(2)17-16(15-9-6-5-7-10-15)18(14(3)4)23(21-17)19(24)22-12-8-11-20-22/h5-14H,1-4H3. The third kappa shape index (κ3) is 2.77. The lowest BCUT2D eigenvalue weighted by Gasteiger charge is -2.12. The lowest BCUT2D eigenvalue weighted by Crippen LogP contribution is -2.23. The number of benzene rings is 1. The summed E-state index contributed by atoms with van der Waals surface area (Å²) in [6, 6.07) is 11.6. The molecule has 0 saturated heterocycles. The molecule has 2 heterocycles. The van der Waals surface area contributed by atoms with E-state index in [9.17, 15) is 4.79 Å². The molecule has 24 heavy (non-hydrogen) atoms.